The number of pyridine rings is 1. The van der Waals surface area contributed by atoms with Gasteiger partial charge >= 0.3 is 5.69 Å². The molecule has 7 heteroatoms. The minimum absolute atomic E-state index is 0.0745. The monoisotopic (exact) mass is 284 g/mol. The molecule has 3 rings (SSSR count). The molecule has 2 aromatic rings. The molecular formula is C14H12N4O3. The molecule has 0 spiro atoms. The fourth-order valence-corrected chi connectivity index (χ4v) is 2.17. The number of fused-ring (bicyclic) bond motifs is 1. The Morgan fingerprint density at radius 1 is 1.52 bits per heavy atom. The van der Waals surface area contributed by atoms with Crippen molar-refractivity contribution < 1.29 is 4.79 Å². The molecule has 1 saturated carbocycles. The molecular weight excluding hydrogens is 272 g/mol. The maximum atomic E-state index is 11.9. The van der Waals surface area contributed by atoms with Crippen LogP contribution in [-0.4, -0.2) is 27.0 Å². The molecule has 7 nitrogen and oxygen atoms in total. The molecule has 0 aromatic carbocycles. The molecule has 2 N–H and O–H groups in total. The first-order valence-electron chi connectivity index (χ1n) is 6.48. The quantitative estimate of drug-likeness (QED) is 0.762. The normalized spacial score (nSPS) is 13.9. The molecule has 21 heavy (non-hydrogen) atoms. The first-order valence-corrected chi connectivity index (χ1v) is 6.48. The Morgan fingerprint density at radius 3 is 2.95 bits per heavy atom. The third-order valence-electron chi connectivity index (χ3n) is 3.30. The van der Waals surface area contributed by atoms with Crippen LogP contribution in [0.25, 0.3) is 11.0 Å². The molecule has 0 atom stereocenters. The SMILES string of the molecule is C#CCNC(=O)c1cnc2c(c1)c(=O)[nH]c(=O)n2C1CC1. The van der Waals surface area contributed by atoms with Crippen LogP contribution in [0.1, 0.15) is 29.2 Å². The molecule has 1 aliphatic rings. The Morgan fingerprint density at radius 2 is 2.29 bits per heavy atom. The van der Waals surface area contributed by atoms with Crippen molar-refractivity contribution in [3.63, 3.8) is 0 Å². The highest BCUT2D eigenvalue weighted by molar-refractivity contribution is 5.96. The van der Waals surface area contributed by atoms with Gasteiger partial charge in [0.2, 0.25) is 0 Å². The largest absolute Gasteiger partial charge is 0.341 e. The maximum absolute atomic E-state index is 11.9. The molecule has 1 aliphatic carbocycles. The summed E-state index contributed by atoms with van der Waals surface area (Å²) in [6, 6.07) is 1.50. The lowest BCUT2D eigenvalue weighted by Gasteiger charge is -2.08. The third-order valence-corrected chi connectivity index (χ3v) is 3.30. The minimum atomic E-state index is -0.550. The van der Waals surface area contributed by atoms with Crippen molar-refractivity contribution in [1.82, 2.24) is 19.9 Å². The summed E-state index contributed by atoms with van der Waals surface area (Å²) in [5, 5.41) is 2.72. The van der Waals surface area contributed by atoms with E-state index in [1.165, 1.54) is 16.8 Å². The Bertz CT molecular complexity index is 884. The van der Waals surface area contributed by atoms with Gasteiger partial charge in [-0.2, -0.15) is 0 Å². The number of nitrogens with one attached hydrogen (secondary N) is 2. The zero-order chi connectivity index (χ0) is 15.0. The number of nitrogens with zero attached hydrogens (tertiary/aromatic N) is 2. The van der Waals surface area contributed by atoms with Gasteiger partial charge in [-0.15, -0.1) is 6.42 Å². The van der Waals surface area contributed by atoms with Crippen LogP contribution in [0, 0.1) is 12.3 Å². The van der Waals surface area contributed by atoms with Gasteiger partial charge < -0.3 is 5.32 Å². The van der Waals surface area contributed by atoms with Crippen molar-refractivity contribution in [2.75, 3.05) is 6.54 Å². The predicted molar refractivity (Wildman–Crippen MR) is 76.1 cm³/mol. The van der Waals surface area contributed by atoms with E-state index in [0.29, 0.717) is 5.65 Å². The van der Waals surface area contributed by atoms with Crippen LogP contribution in [0.3, 0.4) is 0 Å². The number of aromatic nitrogens is 3. The second kappa shape index (κ2) is 4.90. The van der Waals surface area contributed by atoms with Gasteiger partial charge in [0.25, 0.3) is 11.5 Å². The van der Waals surface area contributed by atoms with E-state index in [0.717, 1.165) is 12.8 Å². The number of amides is 1. The Kier molecular flexibility index (Phi) is 3.06. The van der Waals surface area contributed by atoms with E-state index in [4.69, 9.17) is 6.42 Å². The summed E-state index contributed by atoms with van der Waals surface area (Å²) >= 11 is 0. The van der Waals surface area contributed by atoms with Gasteiger partial charge in [0, 0.05) is 12.2 Å². The molecule has 1 fully saturated rings. The van der Waals surface area contributed by atoms with E-state index in [1.807, 2.05) is 0 Å². The maximum Gasteiger partial charge on any atom is 0.330 e. The summed E-state index contributed by atoms with van der Waals surface area (Å²) in [4.78, 5) is 42.0. The summed E-state index contributed by atoms with van der Waals surface area (Å²) < 4.78 is 1.47. The summed E-state index contributed by atoms with van der Waals surface area (Å²) in [5.41, 5.74) is -0.484. The van der Waals surface area contributed by atoms with Crippen LogP contribution >= 0.6 is 0 Å². The highest BCUT2D eigenvalue weighted by atomic mass is 16.2. The highest BCUT2D eigenvalue weighted by Crippen LogP contribution is 2.34. The minimum Gasteiger partial charge on any atom is -0.341 e. The number of carbonyl (C=O) groups excluding carboxylic acids is 1. The van der Waals surface area contributed by atoms with E-state index >= 15 is 0 Å². The van der Waals surface area contributed by atoms with Crippen LogP contribution in [-0.2, 0) is 0 Å². The highest BCUT2D eigenvalue weighted by Gasteiger charge is 2.27. The lowest BCUT2D eigenvalue weighted by atomic mass is 10.2. The van der Waals surface area contributed by atoms with Crippen LogP contribution in [0.2, 0.25) is 0 Å². The first-order chi connectivity index (χ1) is 10.1. The molecule has 1 amide bonds. The van der Waals surface area contributed by atoms with Crippen molar-refractivity contribution in [1.29, 1.82) is 0 Å². The number of hydrogen-bond donors (Lipinski definition) is 2. The fraction of sp³-hybridized carbons (Fsp3) is 0.286. The van der Waals surface area contributed by atoms with Gasteiger partial charge in [0.15, 0.2) is 0 Å². The molecule has 0 unspecified atom stereocenters. The van der Waals surface area contributed by atoms with Gasteiger partial charge in [0.05, 0.1) is 17.5 Å². The Labute approximate surface area is 119 Å². The van der Waals surface area contributed by atoms with Gasteiger partial charge in [0.1, 0.15) is 5.65 Å². The predicted octanol–water partition coefficient (Wildman–Crippen LogP) is -0.217. The average molecular weight is 284 g/mol. The summed E-state index contributed by atoms with van der Waals surface area (Å²) in [6.45, 7) is 0.0921. The molecule has 2 aromatic heterocycles. The molecule has 0 radical (unpaired) electrons. The second-order valence-electron chi connectivity index (χ2n) is 4.84. The number of aromatic amines is 1. The average Bonchev–Trinajstić information content (AvgIpc) is 3.29. The van der Waals surface area contributed by atoms with E-state index in [1.54, 1.807) is 0 Å². The van der Waals surface area contributed by atoms with Gasteiger partial charge in [-0.05, 0) is 18.9 Å². The lowest BCUT2D eigenvalue weighted by molar-refractivity contribution is 0.0958. The summed E-state index contributed by atoms with van der Waals surface area (Å²) in [6.07, 6.45) is 8.18. The van der Waals surface area contributed by atoms with E-state index < -0.39 is 17.2 Å². The third kappa shape index (κ3) is 2.31. The Balaban J connectivity index is 2.14. The zero-order valence-electron chi connectivity index (χ0n) is 11.0. The van der Waals surface area contributed by atoms with Crippen molar-refractivity contribution in [3.8, 4) is 12.3 Å². The first kappa shape index (κ1) is 13.1. The van der Waals surface area contributed by atoms with Crippen molar-refractivity contribution in [3.05, 3.63) is 38.7 Å². The number of rotatable bonds is 3. The van der Waals surface area contributed by atoms with Crippen molar-refractivity contribution in [2.45, 2.75) is 18.9 Å². The number of H-pyrrole nitrogens is 1. The molecule has 106 valence electrons. The van der Waals surface area contributed by atoms with Crippen LogP contribution in [0.15, 0.2) is 21.9 Å². The standard InChI is InChI=1S/C14H12N4O3/c1-2-5-15-12(19)8-6-10-11(16-7-8)18(9-3-4-9)14(21)17-13(10)20/h1,6-7,9H,3-5H2,(H,15,19)(H,17,20,21). The van der Waals surface area contributed by atoms with Gasteiger partial charge in [-0.25, -0.2) is 9.78 Å². The van der Waals surface area contributed by atoms with Gasteiger partial charge in [-0.3, -0.25) is 19.1 Å². The summed E-state index contributed by atoms with van der Waals surface area (Å²) in [7, 11) is 0. The lowest BCUT2D eigenvalue weighted by Crippen LogP contribution is -2.31. The number of carbonyl (C=O) groups is 1. The number of hydrogen-bond acceptors (Lipinski definition) is 4. The number of terminal acetylenes is 1. The molecule has 0 bridgehead atoms. The van der Waals surface area contributed by atoms with Gasteiger partial charge in [-0.1, -0.05) is 5.92 Å². The van der Waals surface area contributed by atoms with Crippen LogP contribution in [0.4, 0.5) is 0 Å². The van der Waals surface area contributed by atoms with E-state index in [-0.39, 0.29) is 23.5 Å². The molecule has 0 aliphatic heterocycles. The fourth-order valence-electron chi connectivity index (χ4n) is 2.17. The summed E-state index contributed by atoms with van der Waals surface area (Å²) in [5.74, 6) is 1.88. The molecule has 2 heterocycles. The van der Waals surface area contributed by atoms with Crippen LogP contribution in [0.5, 0.6) is 0 Å². The van der Waals surface area contributed by atoms with E-state index in [2.05, 4.69) is 21.2 Å². The smallest absolute Gasteiger partial charge is 0.330 e. The topological polar surface area (TPSA) is 96.8 Å². The van der Waals surface area contributed by atoms with E-state index in [9.17, 15) is 14.4 Å². The zero-order valence-corrected chi connectivity index (χ0v) is 11.0. The van der Waals surface area contributed by atoms with Crippen molar-refractivity contribution >= 4 is 16.9 Å². The van der Waals surface area contributed by atoms with Crippen LogP contribution < -0.4 is 16.6 Å². The van der Waals surface area contributed by atoms with Crippen molar-refractivity contribution in [2.24, 2.45) is 0 Å². The molecule has 0 saturated heterocycles. The second-order valence-corrected chi connectivity index (χ2v) is 4.84. The Hall–Kier alpha value is -2.88.